The van der Waals surface area contributed by atoms with Crippen LogP contribution in [0.2, 0.25) is 0 Å². The van der Waals surface area contributed by atoms with Crippen LogP contribution in [0.4, 0.5) is 5.69 Å². The van der Waals surface area contributed by atoms with E-state index in [9.17, 15) is 14.9 Å². The lowest BCUT2D eigenvalue weighted by Crippen LogP contribution is -2.25. The standard InChI is InChI=1S/C20H18N4O4/c1-28-20(25)14-7-3-4-8-16(14)23-17-10-11-21-12-15(17)19(22-23)13-6-2-5-9-18(13)24(26)27/h2-9,21H,10-12H2,1H3. The molecule has 4 rings (SSSR count). The predicted octanol–water partition coefficient (Wildman–Crippen LogP) is 2.88. The van der Waals surface area contributed by atoms with E-state index in [4.69, 9.17) is 9.84 Å². The molecule has 1 N–H and O–H groups in total. The Morgan fingerprint density at radius 3 is 2.75 bits per heavy atom. The number of nitrogens with one attached hydrogen (secondary N) is 1. The van der Waals surface area contributed by atoms with Crippen LogP contribution >= 0.6 is 0 Å². The van der Waals surface area contributed by atoms with E-state index < -0.39 is 10.9 Å². The molecule has 0 bridgehead atoms. The lowest BCUT2D eigenvalue weighted by atomic mass is 10.0. The van der Waals surface area contributed by atoms with Gasteiger partial charge in [0.25, 0.3) is 5.69 Å². The number of rotatable bonds is 4. The van der Waals surface area contributed by atoms with Gasteiger partial charge in [-0.15, -0.1) is 0 Å². The van der Waals surface area contributed by atoms with Crippen molar-refractivity contribution in [2.45, 2.75) is 13.0 Å². The molecule has 0 saturated carbocycles. The van der Waals surface area contributed by atoms with Crippen molar-refractivity contribution >= 4 is 11.7 Å². The molecule has 1 aliphatic heterocycles. The summed E-state index contributed by atoms with van der Waals surface area (Å²) in [6, 6.07) is 13.6. The summed E-state index contributed by atoms with van der Waals surface area (Å²) in [6.07, 6.45) is 0.693. The zero-order chi connectivity index (χ0) is 19.7. The van der Waals surface area contributed by atoms with Gasteiger partial charge in [0, 0.05) is 31.1 Å². The SMILES string of the molecule is COC(=O)c1ccccc1-n1nc(-c2ccccc2[N+](=O)[O-])c2c1CCNC2. The lowest BCUT2D eigenvalue weighted by molar-refractivity contribution is -0.384. The van der Waals surface area contributed by atoms with Crippen LogP contribution in [0.15, 0.2) is 48.5 Å². The topological polar surface area (TPSA) is 99.3 Å². The van der Waals surface area contributed by atoms with Gasteiger partial charge in [0.1, 0.15) is 5.69 Å². The minimum atomic E-state index is -0.457. The molecule has 0 amide bonds. The summed E-state index contributed by atoms with van der Waals surface area (Å²) in [5.41, 5.74) is 3.83. The highest BCUT2D eigenvalue weighted by atomic mass is 16.6. The Labute approximate surface area is 160 Å². The fourth-order valence-electron chi connectivity index (χ4n) is 3.54. The van der Waals surface area contributed by atoms with Crippen LogP contribution in [0.3, 0.4) is 0 Å². The second-order valence-electron chi connectivity index (χ2n) is 6.40. The number of nitrogens with zero attached hydrogens (tertiary/aromatic N) is 3. The number of benzene rings is 2. The van der Waals surface area contributed by atoms with E-state index in [2.05, 4.69) is 5.32 Å². The number of ether oxygens (including phenoxy) is 1. The fourth-order valence-corrected chi connectivity index (χ4v) is 3.54. The summed E-state index contributed by atoms with van der Waals surface area (Å²) in [6.45, 7) is 1.31. The Morgan fingerprint density at radius 2 is 1.96 bits per heavy atom. The van der Waals surface area contributed by atoms with Crippen LogP contribution in [-0.4, -0.2) is 34.3 Å². The van der Waals surface area contributed by atoms with Gasteiger partial charge in [-0.1, -0.05) is 24.3 Å². The molecule has 0 spiro atoms. The third-order valence-corrected chi connectivity index (χ3v) is 4.82. The number of aromatic nitrogens is 2. The average molecular weight is 378 g/mol. The van der Waals surface area contributed by atoms with Crippen molar-refractivity contribution < 1.29 is 14.5 Å². The van der Waals surface area contributed by atoms with Crippen LogP contribution in [0, 0.1) is 10.1 Å². The number of methoxy groups -OCH3 is 1. The molecular formula is C20H18N4O4. The van der Waals surface area contributed by atoms with Crippen LogP contribution in [0.5, 0.6) is 0 Å². The number of nitro benzene ring substituents is 1. The number of esters is 1. The van der Waals surface area contributed by atoms with Crippen LogP contribution < -0.4 is 5.32 Å². The molecule has 1 aromatic heterocycles. The molecule has 0 atom stereocenters. The van der Waals surface area contributed by atoms with Crippen molar-refractivity contribution in [2.75, 3.05) is 13.7 Å². The largest absolute Gasteiger partial charge is 0.465 e. The van der Waals surface area contributed by atoms with Gasteiger partial charge in [0.2, 0.25) is 0 Å². The van der Waals surface area contributed by atoms with E-state index in [1.54, 1.807) is 41.1 Å². The smallest absolute Gasteiger partial charge is 0.340 e. The van der Waals surface area contributed by atoms with Crippen LogP contribution in [0.1, 0.15) is 21.6 Å². The van der Waals surface area contributed by atoms with E-state index in [0.717, 1.165) is 17.8 Å². The minimum Gasteiger partial charge on any atom is -0.465 e. The first-order chi connectivity index (χ1) is 13.6. The molecular weight excluding hydrogens is 360 g/mol. The normalized spacial score (nSPS) is 13.0. The molecule has 0 saturated heterocycles. The van der Waals surface area contributed by atoms with Gasteiger partial charge < -0.3 is 10.1 Å². The van der Waals surface area contributed by atoms with Crippen molar-refractivity contribution in [2.24, 2.45) is 0 Å². The Balaban J connectivity index is 1.96. The van der Waals surface area contributed by atoms with Gasteiger partial charge in [0.05, 0.1) is 34.5 Å². The van der Waals surface area contributed by atoms with Crippen molar-refractivity contribution in [3.8, 4) is 16.9 Å². The van der Waals surface area contributed by atoms with Gasteiger partial charge >= 0.3 is 5.97 Å². The molecule has 2 aromatic carbocycles. The maximum atomic E-state index is 12.2. The van der Waals surface area contributed by atoms with Gasteiger partial charge in [-0.25, -0.2) is 9.48 Å². The minimum absolute atomic E-state index is 0.00164. The fraction of sp³-hybridized carbons (Fsp3) is 0.200. The monoisotopic (exact) mass is 378 g/mol. The quantitative estimate of drug-likeness (QED) is 0.426. The van der Waals surface area contributed by atoms with Crippen molar-refractivity contribution in [3.05, 3.63) is 75.5 Å². The summed E-state index contributed by atoms with van der Waals surface area (Å²) in [4.78, 5) is 23.3. The first-order valence-corrected chi connectivity index (χ1v) is 8.84. The second-order valence-corrected chi connectivity index (χ2v) is 6.40. The maximum Gasteiger partial charge on any atom is 0.340 e. The molecule has 0 unspecified atom stereocenters. The highest BCUT2D eigenvalue weighted by molar-refractivity contribution is 5.93. The number of hydrogen-bond donors (Lipinski definition) is 1. The number of nitro groups is 1. The number of carbonyl (C=O) groups excluding carboxylic acids is 1. The van der Waals surface area contributed by atoms with Crippen molar-refractivity contribution in [3.63, 3.8) is 0 Å². The Bertz CT molecular complexity index is 1070. The number of hydrogen-bond acceptors (Lipinski definition) is 6. The summed E-state index contributed by atoms with van der Waals surface area (Å²) < 4.78 is 6.62. The molecule has 8 heteroatoms. The van der Waals surface area contributed by atoms with Gasteiger partial charge in [0.15, 0.2) is 0 Å². The Morgan fingerprint density at radius 1 is 1.21 bits per heavy atom. The van der Waals surface area contributed by atoms with E-state index in [-0.39, 0.29) is 5.69 Å². The lowest BCUT2D eigenvalue weighted by Gasteiger charge is -2.16. The third kappa shape index (κ3) is 2.93. The zero-order valence-corrected chi connectivity index (χ0v) is 15.2. The molecule has 0 radical (unpaired) electrons. The van der Waals surface area contributed by atoms with E-state index in [1.165, 1.54) is 13.2 Å². The first kappa shape index (κ1) is 17.9. The van der Waals surface area contributed by atoms with Crippen molar-refractivity contribution in [1.29, 1.82) is 0 Å². The molecule has 2 heterocycles. The van der Waals surface area contributed by atoms with Crippen LogP contribution in [-0.2, 0) is 17.7 Å². The highest BCUT2D eigenvalue weighted by Gasteiger charge is 2.27. The van der Waals surface area contributed by atoms with Gasteiger partial charge in [-0.05, 0) is 18.2 Å². The van der Waals surface area contributed by atoms with Crippen molar-refractivity contribution in [1.82, 2.24) is 15.1 Å². The predicted molar refractivity (Wildman–Crippen MR) is 102 cm³/mol. The summed E-state index contributed by atoms with van der Waals surface area (Å²) >= 11 is 0. The second kappa shape index (κ2) is 7.24. The molecule has 3 aromatic rings. The van der Waals surface area contributed by atoms with Gasteiger partial charge in [-0.3, -0.25) is 10.1 Å². The summed E-state index contributed by atoms with van der Waals surface area (Å²) in [5.74, 6) is -0.457. The average Bonchev–Trinajstić information content (AvgIpc) is 3.12. The summed E-state index contributed by atoms with van der Waals surface area (Å²) in [7, 11) is 1.33. The molecule has 142 valence electrons. The van der Waals surface area contributed by atoms with E-state index in [0.29, 0.717) is 35.5 Å². The number of para-hydroxylation sites is 2. The maximum absolute atomic E-state index is 12.2. The molecule has 8 nitrogen and oxygen atoms in total. The van der Waals surface area contributed by atoms with E-state index >= 15 is 0 Å². The number of carbonyl (C=O) groups is 1. The number of fused-ring (bicyclic) bond motifs is 1. The Hall–Kier alpha value is -3.52. The first-order valence-electron chi connectivity index (χ1n) is 8.84. The molecule has 0 aliphatic carbocycles. The van der Waals surface area contributed by atoms with Gasteiger partial charge in [-0.2, -0.15) is 5.10 Å². The third-order valence-electron chi connectivity index (χ3n) is 4.82. The Kier molecular flexibility index (Phi) is 4.62. The molecule has 0 fully saturated rings. The zero-order valence-electron chi connectivity index (χ0n) is 15.2. The van der Waals surface area contributed by atoms with E-state index in [1.807, 2.05) is 6.07 Å². The van der Waals surface area contributed by atoms with Crippen LogP contribution in [0.25, 0.3) is 16.9 Å². The molecule has 1 aliphatic rings. The molecule has 28 heavy (non-hydrogen) atoms. The summed E-state index contributed by atoms with van der Waals surface area (Å²) in [5, 5.41) is 19.5. The highest BCUT2D eigenvalue weighted by Crippen LogP contribution is 2.35.